The highest BCUT2D eigenvalue weighted by molar-refractivity contribution is 7.99. The molecular formula is C16H15N5O3S2. The average molecular weight is 389 g/mol. The van der Waals surface area contributed by atoms with E-state index in [0.717, 1.165) is 65.6 Å². The molecule has 0 bridgehead atoms. The predicted molar refractivity (Wildman–Crippen MR) is 99.0 cm³/mol. The Hall–Kier alpha value is -2.33. The number of hydrogen-bond donors (Lipinski definition) is 0. The summed E-state index contributed by atoms with van der Waals surface area (Å²) in [7, 11) is 0. The summed E-state index contributed by atoms with van der Waals surface area (Å²) in [4.78, 5) is 38.0. The maximum atomic E-state index is 13.1. The van der Waals surface area contributed by atoms with Crippen molar-refractivity contribution in [2.24, 2.45) is 0 Å². The molecular weight excluding hydrogens is 374 g/mol. The Morgan fingerprint density at radius 3 is 2.81 bits per heavy atom. The van der Waals surface area contributed by atoms with Gasteiger partial charge >= 0.3 is 5.69 Å². The van der Waals surface area contributed by atoms with Crippen LogP contribution >= 0.6 is 23.1 Å². The van der Waals surface area contributed by atoms with Gasteiger partial charge in [0.05, 0.1) is 10.3 Å². The van der Waals surface area contributed by atoms with Crippen LogP contribution < -0.4 is 5.56 Å². The molecule has 0 radical (unpaired) electrons. The molecule has 10 heteroatoms. The van der Waals surface area contributed by atoms with Crippen molar-refractivity contribution in [2.45, 2.75) is 49.5 Å². The molecule has 0 spiro atoms. The molecule has 1 aliphatic rings. The maximum Gasteiger partial charge on any atom is 0.305 e. The third kappa shape index (κ3) is 2.88. The van der Waals surface area contributed by atoms with E-state index in [1.165, 1.54) is 4.88 Å². The highest BCUT2D eigenvalue weighted by atomic mass is 32.2. The van der Waals surface area contributed by atoms with Crippen LogP contribution in [0.15, 0.2) is 27.5 Å². The van der Waals surface area contributed by atoms with Crippen molar-refractivity contribution in [3.63, 3.8) is 0 Å². The lowest BCUT2D eigenvalue weighted by molar-refractivity contribution is -0.385. The number of aromatic nitrogens is 4. The minimum atomic E-state index is -0.543. The lowest BCUT2D eigenvalue weighted by Gasteiger charge is -2.10. The van der Waals surface area contributed by atoms with Crippen molar-refractivity contribution >= 4 is 39.0 Å². The van der Waals surface area contributed by atoms with Crippen molar-refractivity contribution in [1.82, 2.24) is 19.5 Å². The zero-order chi connectivity index (χ0) is 18.3. The van der Waals surface area contributed by atoms with Gasteiger partial charge in [0.1, 0.15) is 17.2 Å². The van der Waals surface area contributed by atoms with Gasteiger partial charge in [-0.1, -0.05) is 6.92 Å². The van der Waals surface area contributed by atoms with E-state index >= 15 is 0 Å². The van der Waals surface area contributed by atoms with Crippen molar-refractivity contribution in [2.75, 3.05) is 0 Å². The number of nitrogens with zero attached hydrogens (tertiary/aromatic N) is 5. The fraction of sp³-hybridized carbons (Fsp3) is 0.375. The number of thiophene rings is 1. The van der Waals surface area contributed by atoms with Gasteiger partial charge in [0.2, 0.25) is 0 Å². The monoisotopic (exact) mass is 389 g/mol. The number of fused-ring (bicyclic) bond motifs is 3. The summed E-state index contributed by atoms with van der Waals surface area (Å²) in [5.41, 5.74) is 0.981. The molecule has 0 atom stereocenters. The molecule has 3 heterocycles. The highest BCUT2D eigenvalue weighted by Gasteiger charge is 2.23. The zero-order valence-electron chi connectivity index (χ0n) is 14.0. The molecule has 0 aromatic carbocycles. The van der Waals surface area contributed by atoms with Gasteiger partial charge in [-0.05, 0) is 43.0 Å². The Bertz CT molecular complexity index is 1060. The Balaban J connectivity index is 1.79. The van der Waals surface area contributed by atoms with Crippen molar-refractivity contribution in [3.05, 3.63) is 43.3 Å². The first-order valence-electron chi connectivity index (χ1n) is 8.28. The number of nitro groups is 1. The lowest BCUT2D eigenvalue weighted by atomic mass is 10.2. The second-order valence-corrected chi connectivity index (χ2v) is 7.99. The van der Waals surface area contributed by atoms with Crippen LogP contribution in [-0.2, 0) is 19.4 Å². The molecule has 8 nitrogen and oxygen atoms in total. The molecule has 0 saturated heterocycles. The summed E-state index contributed by atoms with van der Waals surface area (Å²) in [5.74, 6) is 0. The Morgan fingerprint density at radius 2 is 2.12 bits per heavy atom. The summed E-state index contributed by atoms with van der Waals surface area (Å²) >= 11 is 2.75. The lowest BCUT2D eigenvalue weighted by Crippen LogP contribution is -2.23. The van der Waals surface area contributed by atoms with Crippen LogP contribution in [0.1, 0.15) is 30.2 Å². The van der Waals surface area contributed by atoms with E-state index in [-0.39, 0.29) is 11.2 Å². The number of rotatable bonds is 5. The molecule has 0 aliphatic heterocycles. The SMILES string of the molecule is CCCn1c(Sc2ncc([N+](=O)[O-])cn2)nc2sc3c(c2c1=O)CCC3. The first-order valence-corrected chi connectivity index (χ1v) is 9.91. The Kier molecular flexibility index (Phi) is 4.45. The first kappa shape index (κ1) is 17.1. The number of aryl methyl sites for hydroxylation is 2. The van der Waals surface area contributed by atoms with E-state index in [1.807, 2.05) is 6.92 Å². The van der Waals surface area contributed by atoms with Gasteiger partial charge in [-0.2, -0.15) is 0 Å². The van der Waals surface area contributed by atoms with Gasteiger partial charge in [-0.15, -0.1) is 11.3 Å². The molecule has 3 aromatic rings. The van der Waals surface area contributed by atoms with Crippen molar-refractivity contribution < 1.29 is 4.92 Å². The molecule has 4 rings (SSSR count). The van der Waals surface area contributed by atoms with E-state index in [9.17, 15) is 14.9 Å². The van der Waals surface area contributed by atoms with Gasteiger partial charge in [-0.25, -0.2) is 15.0 Å². The van der Waals surface area contributed by atoms with Crippen LogP contribution in [0.2, 0.25) is 0 Å². The standard InChI is InChI=1S/C16H15N5O3S2/c1-2-6-20-14(22)12-10-4-3-5-11(10)25-13(12)19-16(20)26-15-17-7-9(8-18-15)21(23)24/h7-8H,2-6H2,1H3. The third-order valence-corrected chi connectivity index (χ3v) is 6.32. The van der Waals surface area contributed by atoms with Crippen LogP contribution in [-0.4, -0.2) is 24.4 Å². The van der Waals surface area contributed by atoms with E-state index in [0.29, 0.717) is 16.9 Å². The smallest absolute Gasteiger partial charge is 0.287 e. The Labute approximate surface area is 156 Å². The van der Waals surface area contributed by atoms with Gasteiger partial charge < -0.3 is 0 Å². The summed E-state index contributed by atoms with van der Waals surface area (Å²) in [6, 6.07) is 0. The normalized spacial score (nSPS) is 13.3. The average Bonchev–Trinajstić information content (AvgIpc) is 3.19. The predicted octanol–water partition coefficient (Wildman–Crippen LogP) is 3.21. The number of hydrogen-bond acceptors (Lipinski definition) is 8. The minimum Gasteiger partial charge on any atom is -0.287 e. The quantitative estimate of drug-likeness (QED) is 0.375. The highest BCUT2D eigenvalue weighted by Crippen LogP contribution is 2.36. The topological polar surface area (TPSA) is 104 Å². The molecule has 134 valence electrons. The largest absolute Gasteiger partial charge is 0.305 e. The van der Waals surface area contributed by atoms with Crippen molar-refractivity contribution in [3.8, 4) is 0 Å². The van der Waals surface area contributed by atoms with E-state index in [2.05, 4.69) is 9.97 Å². The fourth-order valence-corrected chi connectivity index (χ4v) is 5.20. The molecule has 0 saturated carbocycles. The zero-order valence-corrected chi connectivity index (χ0v) is 15.6. The van der Waals surface area contributed by atoms with Crippen LogP contribution in [0.5, 0.6) is 0 Å². The molecule has 3 aromatic heterocycles. The van der Waals surface area contributed by atoms with E-state index in [4.69, 9.17) is 4.98 Å². The molecule has 0 amide bonds. The second-order valence-electron chi connectivity index (χ2n) is 5.97. The van der Waals surface area contributed by atoms with Crippen LogP contribution in [0.3, 0.4) is 0 Å². The molecule has 1 aliphatic carbocycles. The van der Waals surface area contributed by atoms with Gasteiger partial charge in [0, 0.05) is 11.4 Å². The summed E-state index contributed by atoms with van der Waals surface area (Å²) in [6.45, 7) is 2.56. The molecule has 26 heavy (non-hydrogen) atoms. The summed E-state index contributed by atoms with van der Waals surface area (Å²) < 4.78 is 1.67. The Morgan fingerprint density at radius 1 is 1.35 bits per heavy atom. The van der Waals surface area contributed by atoms with E-state index in [1.54, 1.807) is 15.9 Å². The molecule has 0 N–H and O–H groups in total. The summed E-state index contributed by atoms with van der Waals surface area (Å²) in [6.07, 6.45) is 6.17. The molecule has 0 unspecified atom stereocenters. The van der Waals surface area contributed by atoms with Crippen molar-refractivity contribution in [1.29, 1.82) is 0 Å². The fourth-order valence-electron chi connectivity index (χ4n) is 3.09. The van der Waals surface area contributed by atoms with Gasteiger partial charge in [-0.3, -0.25) is 19.5 Å². The maximum absolute atomic E-state index is 13.1. The van der Waals surface area contributed by atoms with E-state index < -0.39 is 4.92 Å². The molecule has 0 fully saturated rings. The van der Waals surface area contributed by atoms with Crippen LogP contribution in [0, 0.1) is 10.1 Å². The summed E-state index contributed by atoms with van der Waals surface area (Å²) in [5, 5.41) is 12.3. The first-order chi connectivity index (χ1) is 12.6. The second kappa shape index (κ2) is 6.76. The van der Waals surface area contributed by atoms with Gasteiger partial charge in [0.15, 0.2) is 10.3 Å². The van der Waals surface area contributed by atoms with Crippen LogP contribution in [0.25, 0.3) is 10.2 Å². The van der Waals surface area contributed by atoms with Gasteiger partial charge in [0.25, 0.3) is 5.56 Å². The minimum absolute atomic E-state index is 0.0133. The third-order valence-electron chi connectivity index (χ3n) is 4.24. The van der Waals surface area contributed by atoms with Crippen LogP contribution in [0.4, 0.5) is 5.69 Å².